The fourth-order valence-corrected chi connectivity index (χ4v) is 1.51. The Morgan fingerprint density at radius 3 is 2.68 bits per heavy atom. The minimum absolute atomic E-state index is 0.0552. The molecule has 0 aromatic heterocycles. The summed E-state index contributed by atoms with van der Waals surface area (Å²) in [7, 11) is 1.35. The molecule has 1 rings (SSSR count). The second kappa shape index (κ2) is 7.22. The normalized spacial score (nSPS) is 9.21. The summed E-state index contributed by atoms with van der Waals surface area (Å²) in [6, 6.07) is 5.24. The fraction of sp³-hybridized carbons (Fsp3) is 0.333. The number of methoxy groups -OCH3 is 1. The van der Waals surface area contributed by atoms with Crippen molar-refractivity contribution in [2.24, 2.45) is 0 Å². The van der Waals surface area contributed by atoms with Crippen molar-refractivity contribution in [3.63, 3.8) is 0 Å². The SMILES string of the molecule is COC(=O)c1ccc(C#CCCNC(C)=O)c(C)c1. The maximum atomic E-state index is 11.3. The molecule has 0 fully saturated rings. The van der Waals surface area contributed by atoms with Crippen LogP contribution in [0.15, 0.2) is 18.2 Å². The first kappa shape index (κ1) is 14.8. The molecule has 0 saturated heterocycles. The van der Waals surface area contributed by atoms with Crippen LogP contribution in [0.2, 0.25) is 0 Å². The average molecular weight is 259 g/mol. The Morgan fingerprint density at radius 2 is 2.11 bits per heavy atom. The Labute approximate surface area is 113 Å². The summed E-state index contributed by atoms with van der Waals surface area (Å²) in [5.74, 6) is 5.59. The molecule has 0 aliphatic rings. The van der Waals surface area contributed by atoms with E-state index in [1.165, 1.54) is 14.0 Å². The maximum absolute atomic E-state index is 11.3. The number of hydrogen-bond donors (Lipinski definition) is 1. The molecule has 0 saturated carbocycles. The van der Waals surface area contributed by atoms with Crippen molar-refractivity contribution in [1.29, 1.82) is 0 Å². The second-order valence-corrected chi connectivity index (χ2v) is 4.06. The molecule has 4 heteroatoms. The molecule has 0 spiro atoms. The van der Waals surface area contributed by atoms with Gasteiger partial charge in [-0.3, -0.25) is 4.79 Å². The van der Waals surface area contributed by atoms with Crippen molar-refractivity contribution in [2.45, 2.75) is 20.3 Å². The van der Waals surface area contributed by atoms with Gasteiger partial charge in [0.05, 0.1) is 12.7 Å². The number of rotatable bonds is 3. The van der Waals surface area contributed by atoms with E-state index in [1.54, 1.807) is 18.2 Å². The van der Waals surface area contributed by atoms with Crippen molar-refractivity contribution >= 4 is 11.9 Å². The van der Waals surface area contributed by atoms with E-state index in [0.717, 1.165) is 11.1 Å². The van der Waals surface area contributed by atoms with Crippen molar-refractivity contribution in [2.75, 3.05) is 13.7 Å². The third-order valence-corrected chi connectivity index (χ3v) is 2.49. The van der Waals surface area contributed by atoms with Gasteiger partial charge in [-0.05, 0) is 30.7 Å². The van der Waals surface area contributed by atoms with Gasteiger partial charge in [0.15, 0.2) is 0 Å². The van der Waals surface area contributed by atoms with E-state index < -0.39 is 0 Å². The van der Waals surface area contributed by atoms with Crippen LogP contribution in [-0.4, -0.2) is 25.5 Å². The van der Waals surface area contributed by atoms with E-state index in [2.05, 4.69) is 21.9 Å². The van der Waals surface area contributed by atoms with E-state index >= 15 is 0 Å². The molecule has 19 heavy (non-hydrogen) atoms. The largest absolute Gasteiger partial charge is 0.465 e. The smallest absolute Gasteiger partial charge is 0.337 e. The number of amides is 1. The summed E-state index contributed by atoms with van der Waals surface area (Å²) in [6.45, 7) is 3.91. The number of hydrogen-bond acceptors (Lipinski definition) is 3. The van der Waals surface area contributed by atoms with E-state index in [4.69, 9.17) is 0 Å². The van der Waals surface area contributed by atoms with E-state index in [0.29, 0.717) is 18.5 Å². The van der Waals surface area contributed by atoms with Gasteiger partial charge in [-0.1, -0.05) is 11.8 Å². The summed E-state index contributed by atoms with van der Waals surface area (Å²) in [5, 5.41) is 2.68. The zero-order valence-corrected chi connectivity index (χ0v) is 11.4. The number of carbonyl (C=O) groups excluding carboxylic acids is 2. The number of carbonyl (C=O) groups is 2. The van der Waals surface area contributed by atoms with E-state index in [-0.39, 0.29) is 11.9 Å². The number of esters is 1. The number of nitrogens with one attached hydrogen (secondary N) is 1. The third-order valence-electron chi connectivity index (χ3n) is 2.49. The van der Waals surface area contributed by atoms with Crippen molar-refractivity contribution in [1.82, 2.24) is 5.32 Å². The first-order chi connectivity index (χ1) is 9.04. The zero-order chi connectivity index (χ0) is 14.3. The molecule has 1 aromatic carbocycles. The van der Waals surface area contributed by atoms with Gasteiger partial charge < -0.3 is 10.1 Å². The predicted molar refractivity (Wildman–Crippen MR) is 72.7 cm³/mol. The van der Waals surface area contributed by atoms with Crippen molar-refractivity contribution < 1.29 is 14.3 Å². The highest BCUT2D eigenvalue weighted by Crippen LogP contribution is 2.11. The summed E-state index contributed by atoms with van der Waals surface area (Å²) >= 11 is 0. The number of ether oxygens (including phenoxy) is 1. The summed E-state index contributed by atoms with van der Waals surface area (Å²) in [4.78, 5) is 22.0. The van der Waals surface area contributed by atoms with Crippen LogP contribution in [0.3, 0.4) is 0 Å². The molecule has 1 amide bonds. The van der Waals surface area contributed by atoms with Crippen molar-refractivity contribution in [3.8, 4) is 11.8 Å². The lowest BCUT2D eigenvalue weighted by molar-refractivity contribution is -0.118. The summed E-state index contributed by atoms with van der Waals surface area (Å²) in [5.41, 5.74) is 2.31. The van der Waals surface area contributed by atoms with Crippen molar-refractivity contribution in [3.05, 3.63) is 34.9 Å². The highest BCUT2D eigenvalue weighted by atomic mass is 16.5. The quantitative estimate of drug-likeness (QED) is 0.510. The first-order valence-corrected chi connectivity index (χ1v) is 5.97. The Bertz CT molecular complexity index is 538. The predicted octanol–water partition coefficient (Wildman–Crippen LogP) is 1.66. The van der Waals surface area contributed by atoms with Crippen LogP contribution >= 0.6 is 0 Å². The molecule has 1 N–H and O–H groups in total. The van der Waals surface area contributed by atoms with E-state index in [1.807, 2.05) is 6.92 Å². The van der Waals surface area contributed by atoms with Gasteiger partial charge in [0.2, 0.25) is 5.91 Å². The molecule has 4 nitrogen and oxygen atoms in total. The van der Waals surface area contributed by atoms with Crippen LogP contribution < -0.4 is 5.32 Å². The summed E-state index contributed by atoms with van der Waals surface area (Å²) < 4.78 is 4.65. The van der Waals surface area contributed by atoms with Gasteiger partial charge >= 0.3 is 5.97 Å². The molecular weight excluding hydrogens is 242 g/mol. The van der Waals surface area contributed by atoms with Crippen LogP contribution in [0.1, 0.15) is 34.8 Å². The van der Waals surface area contributed by atoms with Crippen LogP contribution in [0.4, 0.5) is 0 Å². The van der Waals surface area contributed by atoms with Crippen LogP contribution in [0, 0.1) is 18.8 Å². The highest BCUT2D eigenvalue weighted by Gasteiger charge is 2.06. The monoisotopic (exact) mass is 259 g/mol. The standard InChI is InChI=1S/C15H17NO3/c1-11-10-14(15(18)19-3)8-7-13(11)6-4-5-9-16-12(2)17/h7-8,10H,5,9H2,1-3H3,(H,16,17). The zero-order valence-electron chi connectivity index (χ0n) is 11.4. The van der Waals surface area contributed by atoms with Crippen LogP contribution in [0.25, 0.3) is 0 Å². The Balaban J connectivity index is 2.67. The molecule has 0 radical (unpaired) electrons. The minimum Gasteiger partial charge on any atom is -0.465 e. The average Bonchev–Trinajstić information content (AvgIpc) is 2.38. The third kappa shape index (κ3) is 4.84. The molecule has 0 unspecified atom stereocenters. The lowest BCUT2D eigenvalue weighted by atomic mass is 10.1. The lowest BCUT2D eigenvalue weighted by Crippen LogP contribution is -2.20. The molecule has 0 bridgehead atoms. The molecule has 100 valence electrons. The molecule has 0 atom stereocenters. The molecule has 0 aliphatic heterocycles. The van der Waals surface area contributed by atoms with Gasteiger partial charge in [0, 0.05) is 25.5 Å². The summed E-state index contributed by atoms with van der Waals surface area (Å²) in [6.07, 6.45) is 0.595. The van der Waals surface area contributed by atoms with Gasteiger partial charge in [0.1, 0.15) is 0 Å². The topological polar surface area (TPSA) is 55.4 Å². The number of aryl methyl sites for hydroxylation is 1. The molecule has 0 aliphatic carbocycles. The second-order valence-electron chi connectivity index (χ2n) is 4.06. The Hall–Kier alpha value is -2.28. The molecular formula is C15H17NO3. The fourth-order valence-electron chi connectivity index (χ4n) is 1.51. The van der Waals surface area contributed by atoms with Crippen LogP contribution in [-0.2, 0) is 9.53 Å². The molecule has 1 aromatic rings. The van der Waals surface area contributed by atoms with Gasteiger partial charge in [-0.25, -0.2) is 4.79 Å². The highest BCUT2D eigenvalue weighted by molar-refractivity contribution is 5.89. The van der Waals surface area contributed by atoms with Gasteiger partial charge in [-0.15, -0.1) is 0 Å². The Morgan fingerprint density at radius 1 is 1.37 bits per heavy atom. The minimum atomic E-state index is -0.353. The first-order valence-electron chi connectivity index (χ1n) is 5.97. The lowest BCUT2D eigenvalue weighted by Gasteiger charge is -2.02. The van der Waals surface area contributed by atoms with E-state index in [9.17, 15) is 9.59 Å². The molecule has 0 heterocycles. The number of benzene rings is 1. The maximum Gasteiger partial charge on any atom is 0.337 e. The van der Waals surface area contributed by atoms with Gasteiger partial charge in [-0.2, -0.15) is 0 Å². The van der Waals surface area contributed by atoms with Gasteiger partial charge in [0.25, 0.3) is 0 Å². The van der Waals surface area contributed by atoms with Crippen LogP contribution in [0.5, 0.6) is 0 Å². The Kier molecular flexibility index (Phi) is 5.62.